The highest BCUT2D eigenvalue weighted by Crippen LogP contribution is 2.25. The second-order valence-corrected chi connectivity index (χ2v) is 4.31. The molecule has 2 rings (SSSR count). The Morgan fingerprint density at radius 3 is 2.53 bits per heavy atom. The van der Waals surface area contributed by atoms with Crippen LogP contribution in [-0.2, 0) is 0 Å². The molecule has 1 aromatic carbocycles. The third-order valence-corrected chi connectivity index (χ3v) is 2.58. The zero-order valence-corrected chi connectivity index (χ0v) is 11.4. The highest BCUT2D eigenvalue weighted by atomic mass is 35.5. The van der Waals surface area contributed by atoms with Crippen LogP contribution in [-0.4, -0.2) is 36.2 Å². The quantitative estimate of drug-likeness (QED) is 0.865. The van der Waals surface area contributed by atoms with E-state index in [0.29, 0.717) is 11.7 Å². The third kappa shape index (κ3) is 2.90. The molecule has 0 atom stereocenters. The van der Waals surface area contributed by atoms with Crippen molar-refractivity contribution in [2.24, 2.45) is 0 Å². The second-order valence-electron chi connectivity index (χ2n) is 3.97. The Morgan fingerprint density at radius 2 is 1.95 bits per heavy atom. The minimum Gasteiger partial charge on any atom is -0.497 e. The lowest BCUT2D eigenvalue weighted by molar-refractivity contribution is 0.411. The Morgan fingerprint density at radius 1 is 1.21 bits per heavy atom. The van der Waals surface area contributed by atoms with Crippen molar-refractivity contribution in [1.29, 1.82) is 0 Å². The molecule has 0 amide bonds. The summed E-state index contributed by atoms with van der Waals surface area (Å²) in [5.41, 5.74) is 0.244. The fraction of sp³-hybridized carbons (Fsp3) is 0.250. The molecule has 0 unspecified atom stereocenters. The Bertz CT molecular complexity index is 606. The van der Waals surface area contributed by atoms with Crippen LogP contribution >= 0.6 is 11.6 Å². The van der Waals surface area contributed by atoms with Crippen molar-refractivity contribution in [3.63, 3.8) is 0 Å². The van der Waals surface area contributed by atoms with Crippen molar-refractivity contribution in [2.45, 2.75) is 0 Å². The summed E-state index contributed by atoms with van der Waals surface area (Å²) < 4.78 is 18.9. The molecule has 0 radical (unpaired) electrons. The van der Waals surface area contributed by atoms with E-state index < -0.39 is 5.82 Å². The van der Waals surface area contributed by atoms with Crippen LogP contribution in [0.25, 0.3) is 11.4 Å². The van der Waals surface area contributed by atoms with Crippen molar-refractivity contribution >= 4 is 17.5 Å². The van der Waals surface area contributed by atoms with Gasteiger partial charge in [-0.1, -0.05) is 0 Å². The predicted molar refractivity (Wildman–Crippen MR) is 71.1 cm³/mol. The molecule has 19 heavy (non-hydrogen) atoms. The lowest BCUT2D eigenvalue weighted by Gasteiger charge is -2.11. The SMILES string of the molecule is COc1ccc(-c2nc(Cl)nc(N(C)C)n2)c(F)c1. The van der Waals surface area contributed by atoms with E-state index >= 15 is 0 Å². The first-order chi connectivity index (χ1) is 9.01. The number of methoxy groups -OCH3 is 1. The lowest BCUT2D eigenvalue weighted by atomic mass is 10.2. The fourth-order valence-electron chi connectivity index (χ4n) is 1.46. The largest absolute Gasteiger partial charge is 0.497 e. The zero-order valence-electron chi connectivity index (χ0n) is 10.7. The second kappa shape index (κ2) is 5.36. The molecule has 0 aliphatic rings. The first-order valence-corrected chi connectivity index (χ1v) is 5.82. The third-order valence-electron chi connectivity index (χ3n) is 2.41. The van der Waals surface area contributed by atoms with Gasteiger partial charge in [-0.3, -0.25) is 0 Å². The summed E-state index contributed by atoms with van der Waals surface area (Å²) in [6, 6.07) is 4.44. The van der Waals surface area contributed by atoms with Crippen LogP contribution in [0.5, 0.6) is 5.75 Å². The molecule has 0 fully saturated rings. The van der Waals surface area contributed by atoms with Gasteiger partial charge in [-0.2, -0.15) is 15.0 Å². The molecule has 5 nitrogen and oxygen atoms in total. The predicted octanol–water partition coefficient (Wildman–Crippen LogP) is 2.41. The number of aromatic nitrogens is 3. The van der Waals surface area contributed by atoms with Gasteiger partial charge in [0.2, 0.25) is 11.2 Å². The van der Waals surface area contributed by atoms with Gasteiger partial charge in [-0.25, -0.2) is 4.39 Å². The molecule has 0 spiro atoms. The highest BCUT2D eigenvalue weighted by Gasteiger charge is 2.13. The monoisotopic (exact) mass is 282 g/mol. The van der Waals surface area contributed by atoms with Crippen molar-refractivity contribution in [3.8, 4) is 17.1 Å². The van der Waals surface area contributed by atoms with E-state index in [1.165, 1.54) is 13.2 Å². The average Bonchev–Trinajstić information content (AvgIpc) is 2.37. The van der Waals surface area contributed by atoms with Gasteiger partial charge in [-0.05, 0) is 23.7 Å². The molecule has 0 bridgehead atoms. The van der Waals surface area contributed by atoms with Crippen LogP contribution in [0, 0.1) is 5.82 Å². The normalized spacial score (nSPS) is 10.4. The molecular weight excluding hydrogens is 271 g/mol. The number of halogens is 2. The van der Waals surface area contributed by atoms with Gasteiger partial charge in [0.05, 0.1) is 12.7 Å². The summed E-state index contributed by atoms with van der Waals surface area (Å²) in [7, 11) is 5.00. The van der Waals surface area contributed by atoms with E-state index in [-0.39, 0.29) is 16.7 Å². The van der Waals surface area contributed by atoms with Crippen LogP contribution in [0.15, 0.2) is 18.2 Å². The summed E-state index contributed by atoms with van der Waals surface area (Å²) in [5.74, 6) is 0.495. The highest BCUT2D eigenvalue weighted by molar-refractivity contribution is 6.28. The Hall–Kier alpha value is -1.95. The Kier molecular flexibility index (Phi) is 3.80. The first-order valence-electron chi connectivity index (χ1n) is 5.44. The summed E-state index contributed by atoms with van der Waals surface area (Å²) in [6.07, 6.45) is 0. The number of benzene rings is 1. The molecular formula is C12H12ClFN4O. The maximum Gasteiger partial charge on any atom is 0.229 e. The summed E-state index contributed by atoms with van der Waals surface area (Å²) in [4.78, 5) is 13.7. The summed E-state index contributed by atoms with van der Waals surface area (Å²) >= 11 is 5.82. The molecule has 7 heteroatoms. The molecule has 2 aromatic rings. The number of anilines is 1. The van der Waals surface area contributed by atoms with E-state index in [1.54, 1.807) is 31.1 Å². The van der Waals surface area contributed by atoms with E-state index in [2.05, 4.69) is 15.0 Å². The number of ether oxygens (including phenoxy) is 1. The molecule has 1 aromatic heterocycles. The van der Waals surface area contributed by atoms with Gasteiger partial charge in [0.15, 0.2) is 5.82 Å². The van der Waals surface area contributed by atoms with E-state index in [1.807, 2.05) is 0 Å². The Labute approximate surface area is 115 Å². The number of hydrogen-bond acceptors (Lipinski definition) is 5. The number of hydrogen-bond donors (Lipinski definition) is 0. The summed E-state index contributed by atoms with van der Waals surface area (Å²) in [5, 5.41) is 0.0175. The van der Waals surface area contributed by atoms with Gasteiger partial charge in [-0.15, -0.1) is 0 Å². The zero-order chi connectivity index (χ0) is 14.0. The van der Waals surface area contributed by atoms with Crippen LogP contribution in [0.3, 0.4) is 0 Å². The van der Waals surface area contributed by atoms with Crippen LogP contribution in [0.2, 0.25) is 5.28 Å². The van der Waals surface area contributed by atoms with Crippen molar-refractivity contribution in [2.75, 3.05) is 26.1 Å². The van der Waals surface area contributed by atoms with E-state index in [4.69, 9.17) is 16.3 Å². The minimum atomic E-state index is -0.480. The van der Waals surface area contributed by atoms with Crippen LogP contribution in [0.4, 0.5) is 10.3 Å². The van der Waals surface area contributed by atoms with E-state index in [0.717, 1.165) is 0 Å². The van der Waals surface area contributed by atoms with Gasteiger partial charge >= 0.3 is 0 Å². The lowest BCUT2D eigenvalue weighted by Crippen LogP contribution is -2.14. The maximum atomic E-state index is 14.0. The Balaban J connectivity index is 2.52. The molecule has 0 saturated carbocycles. The van der Waals surface area contributed by atoms with Crippen molar-refractivity contribution in [3.05, 3.63) is 29.3 Å². The molecule has 0 aliphatic carbocycles. The average molecular weight is 283 g/mol. The smallest absolute Gasteiger partial charge is 0.229 e. The number of nitrogens with zero attached hydrogens (tertiary/aromatic N) is 4. The first kappa shape index (κ1) is 13.5. The van der Waals surface area contributed by atoms with Crippen LogP contribution < -0.4 is 9.64 Å². The van der Waals surface area contributed by atoms with E-state index in [9.17, 15) is 4.39 Å². The molecule has 100 valence electrons. The summed E-state index contributed by atoms with van der Waals surface area (Å²) in [6.45, 7) is 0. The van der Waals surface area contributed by atoms with Gasteiger partial charge in [0.25, 0.3) is 0 Å². The topological polar surface area (TPSA) is 51.1 Å². The fourth-order valence-corrected chi connectivity index (χ4v) is 1.62. The molecule has 0 N–H and O–H groups in total. The minimum absolute atomic E-state index is 0.0175. The maximum absolute atomic E-state index is 14.0. The van der Waals surface area contributed by atoms with Crippen molar-refractivity contribution in [1.82, 2.24) is 15.0 Å². The molecule has 0 saturated heterocycles. The van der Waals surface area contributed by atoms with Crippen LogP contribution in [0.1, 0.15) is 0 Å². The van der Waals surface area contributed by atoms with Gasteiger partial charge < -0.3 is 9.64 Å². The standard InChI is InChI=1S/C12H12ClFN4O/c1-18(2)12-16-10(15-11(13)17-12)8-5-4-7(19-3)6-9(8)14/h4-6H,1-3H3. The molecule has 0 aliphatic heterocycles. The molecule has 1 heterocycles. The van der Waals surface area contributed by atoms with Gasteiger partial charge in [0, 0.05) is 20.2 Å². The van der Waals surface area contributed by atoms with Gasteiger partial charge in [0.1, 0.15) is 11.6 Å². The number of rotatable bonds is 3. The van der Waals surface area contributed by atoms with Crippen molar-refractivity contribution < 1.29 is 9.13 Å².